The summed E-state index contributed by atoms with van der Waals surface area (Å²) in [6.07, 6.45) is 1.79. The summed E-state index contributed by atoms with van der Waals surface area (Å²) in [5, 5.41) is 4.47. The van der Waals surface area contributed by atoms with Crippen LogP contribution < -0.4 is 11.1 Å². The largest absolute Gasteiger partial charge is 0.389 e. The van der Waals surface area contributed by atoms with Gasteiger partial charge in [0.15, 0.2) is 0 Å². The molecule has 0 unspecified atom stereocenters. The number of hydrogen-bond donors (Lipinski definition) is 2. The van der Waals surface area contributed by atoms with Crippen LogP contribution in [0.5, 0.6) is 0 Å². The fraction of sp³-hybridized carbons (Fsp3) is 0.0588. The number of anilines is 2. The Bertz CT molecular complexity index is 827. The van der Waals surface area contributed by atoms with Crippen LogP contribution in [0.4, 0.5) is 11.4 Å². The lowest BCUT2D eigenvalue weighted by atomic mass is 10.1. The second kappa shape index (κ2) is 5.50. The van der Waals surface area contributed by atoms with Gasteiger partial charge in [-0.05, 0) is 43.3 Å². The molecule has 3 nitrogen and oxygen atoms in total. The zero-order chi connectivity index (χ0) is 14.8. The van der Waals surface area contributed by atoms with Crippen molar-refractivity contribution in [2.45, 2.75) is 6.92 Å². The van der Waals surface area contributed by atoms with Crippen LogP contribution in [0.25, 0.3) is 10.9 Å². The first-order valence-electron chi connectivity index (χ1n) is 6.66. The summed E-state index contributed by atoms with van der Waals surface area (Å²) in [6.45, 7) is 2.02. The van der Waals surface area contributed by atoms with Gasteiger partial charge in [0.1, 0.15) is 4.99 Å². The lowest BCUT2D eigenvalue weighted by Crippen LogP contribution is -2.12. The van der Waals surface area contributed by atoms with Crippen molar-refractivity contribution in [3.05, 3.63) is 65.9 Å². The minimum absolute atomic E-state index is 0.392. The summed E-state index contributed by atoms with van der Waals surface area (Å²) in [4.78, 5) is 4.71. The number of thiocarbonyl (C=S) groups is 1. The van der Waals surface area contributed by atoms with Gasteiger partial charge in [0, 0.05) is 28.5 Å². The summed E-state index contributed by atoms with van der Waals surface area (Å²) < 4.78 is 0. The van der Waals surface area contributed by atoms with Crippen molar-refractivity contribution in [2.24, 2.45) is 5.73 Å². The van der Waals surface area contributed by atoms with Crippen molar-refractivity contribution < 1.29 is 0 Å². The fourth-order valence-corrected chi connectivity index (χ4v) is 2.45. The van der Waals surface area contributed by atoms with Gasteiger partial charge in [-0.15, -0.1) is 0 Å². The van der Waals surface area contributed by atoms with Gasteiger partial charge in [-0.1, -0.05) is 29.9 Å². The number of hydrogen-bond acceptors (Lipinski definition) is 3. The average molecular weight is 293 g/mol. The van der Waals surface area contributed by atoms with Crippen LogP contribution in [-0.4, -0.2) is 9.97 Å². The van der Waals surface area contributed by atoms with Crippen molar-refractivity contribution in [3.8, 4) is 0 Å². The molecule has 1 heterocycles. The quantitative estimate of drug-likeness (QED) is 0.719. The highest BCUT2D eigenvalue weighted by Crippen LogP contribution is 2.24. The highest BCUT2D eigenvalue weighted by Gasteiger charge is 2.06. The standard InChI is InChI=1S/C17H15N3S/c1-11-4-6-16(14(9-11)17(18)21)20-13-5-7-15-12(10-13)3-2-8-19-15/h2-10,20H,1H3,(H2,18,21). The summed E-state index contributed by atoms with van der Waals surface area (Å²) in [6, 6.07) is 16.0. The van der Waals surface area contributed by atoms with Crippen molar-refractivity contribution >= 4 is 39.5 Å². The second-order valence-electron chi connectivity index (χ2n) is 4.95. The third-order valence-corrected chi connectivity index (χ3v) is 3.54. The van der Waals surface area contributed by atoms with Gasteiger partial charge in [-0.3, -0.25) is 4.98 Å². The Morgan fingerprint density at radius 3 is 2.81 bits per heavy atom. The van der Waals surface area contributed by atoms with Gasteiger partial charge < -0.3 is 11.1 Å². The molecule has 1 aromatic heterocycles. The molecular weight excluding hydrogens is 278 g/mol. The normalized spacial score (nSPS) is 10.5. The van der Waals surface area contributed by atoms with Crippen LogP contribution in [0.1, 0.15) is 11.1 Å². The average Bonchev–Trinajstić information content (AvgIpc) is 2.49. The minimum Gasteiger partial charge on any atom is -0.389 e. The van der Waals surface area contributed by atoms with Crippen LogP contribution in [-0.2, 0) is 0 Å². The lowest BCUT2D eigenvalue weighted by Gasteiger charge is -2.12. The van der Waals surface area contributed by atoms with Gasteiger partial charge in [-0.2, -0.15) is 0 Å². The predicted molar refractivity (Wildman–Crippen MR) is 92.1 cm³/mol. The van der Waals surface area contributed by atoms with Crippen LogP contribution >= 0.6 is 12.2 Å². The van der Waals surface area contributed by atoms with Gasteiger partial charge in [0.05, 0.1) is 5.52 Å². The first-order valence-corrected chi connectivity index (χ1v) is 7.06. The zero-order valence-corrected chi connectivity index (χ0v) is 12.4. The fourth-order valence-electron chi connectivity index (χ4n) is 2.28. The molecule has 0 saturated heterocycles. The second-order valence-corrected chi connectivity index (χ2v) is 5.39. The van der Waals surface area contributed by atoms with E-state index in [4.69, 9.17) is 18.0 Å². The van der Waals surface area contributed by atoms with Gasteiger partial charge in [0.25, 0.3) is 0 Å². The van der Waals surface area contributed by atoms with Gasteiger partial charge in [0.2, 0.25) is 0 Å². The van der Waals surface area contributed by atoms with Crippen LogP contribution in [0, 0.1) is 6.92 Å². The van der Waals surface area contributed by atoms with E-state index in [0.29, 0.717) is 4.99 Å². The maximum atomic E-state index is 5.81. The number of nitrogens with two attached hydrogens (primary N) is 1. The minimum atomic E-state index is 0.392. The number of pyridine rings is 1. The Labute approximate surface area is 128 Å². The first-order chi connectivity index (χ1) is 10.1. The molecular formula is C17H15N3S. The Morgan fingerprint density at radius 2 is 2.00 bits per heavy atom. The molecule has 104 valence electrons. The molecule has 0 fully saturated rings. The predicted octanol–water partition coefficient (Wildman–Crippen LogP) is 3.92. The number of aromatic nitrogens is 1. The molecule has 0 amide bonds. The highest BCUT2D eigenvalue weighted by atomic mass is 32.1. The maximum absolute atomic E-state index is 5.81. The Balaban J connectivity index is 2.00. The molecule has 0 aliphatic carbocycles. The number of benzene rings is 2. The molecule has 3 rings (SSSR count). The molecule has 0 bridgehead atoms. The number of fused-ring (bicyclic) bond motifs is 1. The molecule has 0 aliphatic rings. The number of nitrogens with zero attached hydrogens (tertiary/aromatic N) is 1. The van der Waals surface area contributed by atoms with E-state index in [1.807, 2.05) is 49.4 Å². The molecule has 0 atom stereocenters. The van der Waals surface area contributed by atoms with E-state index >= 15 is 0 Å². The highest BCUT2D eigenvalue weighted by molar-refractivity contribution is 7.80. The Morgan fingerprint density at radius 1 is 1.14 bits per heavy atom. The SMILES string of the molecule is Cc1ccc(Nc2ccc3ncccc3c2)c(C(N)=S)c1. The van der Waals surface area contributed by atoms with E-state index in [-0.39, 0.29) is 0 Å². The van der Waals surface area contributed by atoms with E-state index in [1.54, 1.807) is 6.20 Å². The number of rotatable bonds is 3. The zero-order valence-electron chi connectivity index (χ0n) is 11.6. The summed E-state index contributed by atoms with van der Waals surface area (Å²) in [5.41, 5.74) is 10.7. The van der Waals surface area contributed by atoms with E-state index in [1.165, 1.54) is 0 Å². The van der Waals surface area contributed by atoms with Crippen LogP contribution in [0.3, 0.4) is 0 Å². The summed E-state index contributed by atoms with van der Waals surface area (Å²) in [7, 11) is 0. The lowest BCUT2D eigenvalue weighted by molar-refractivity contribution is 1.41. The molecule has 0 aliphatic heterocycles. The Hall–Kier alpha value is -2.46. The number of nitrogens with one attached hydrogen (secondary N) is 1. The summed E-state index contributed by atoms with van der Waals surface area (Å²) in [5.74, 6) is 0. The molecule has 0 saturated carbocycles. The van der Waals surface area contributed by atoms with Crippen molar-refractivity contribution in [1.82, 2.24) is 4.98 Å². The van der Waals surface area contributed by atoms with Crippen LogP contribution in [0.15, 0.2) is 54.7 Å². The van der Waals surface area contributed by atoms with Crippen molar-refractivity contribution in [1.29, 1.82) is 0 Å². The van der Waals surface area contributed by atoms with E-state index < -0.39 is 0 Å². The van der Waals surface area contributed by atoms with Crippen molar-refractivity contribution in [3.63, 3.8) is 0 Å². The first kappa shape index (κ1) is 13.5. The molecule has 2 aromatic carbocycles. The molecule has 0 spiro atoms. The third kappa shape index (κ3) is 2.85. The molecule has 3 aromatic rings. The van der Waals surface area contributed by atoms with Crippen molar-refractivity contribution in [2.75, 3.05) is 5.32 Å². The molecule has 4 heteroatoms. The smallest absolute Gasteiger partial charge is 0.106 e. The molecule has 0 radical (unpaired) electrons. The van der Waals surface area contributed by atoms with Crippen LogP contribution in [0.2, 0.25) is 0 Å². The Kier molecular flexibility index (Phi) is 3.54. The number of aryl methyl sites for hydroxylation is 1. The molecule has 21 heavy (non-hydrogen) atoms. The topological polar surface area (TPSA) is 50.9 Å². The van der Waals surface area contributed by atoms with Gasteiger partial charge in [-0.25, -0.2) is 0 Å². The summed E-state index contributed by atoms with van der Waals surface area (Å²) >= 11 is 5.13. The van der Waals surface area contributed by atoms with E-state index in [0.717, 1.165) is 33.4 Å². The van der Waals surface area contributed by atoms with E-state index in [2.05, 4.69) is 16.4 Å². The monoisotopic (exact) mass is 293 g/mol. The maximum Gasteiger partial charge on any atom is 0.106 e. The van der Waals surface area contributed by atoms with Gasteiger partial charge >= 0.3 is 0 Å². The van der Waals surface area contributed by atoms with E-state index in [9.17, 15) is 0 Å². The molecule has 3 N–H and O–H groups in total. The third-order valence-electron chi connectivity index (χ3n) is 3.32.